The van der Waals surface area contributed by atoms with Crippen LogP contribution < -0.4 is 11.1 Å². The lowest BCUT2D eigenvalue weighted by molar-refractivity contribution is -0.145. The second-order valence-electron chi connectivity index (χ2n) is 5.96. The topological polar surface area (TPSA) is 130 Å². The van der Waals surface area contributed by atoms with Crippen LogP contribution in [0, 0.1) is 11.3 Å². The van der Waals surface area contributed by atoms with Gasteiger partial charge in [0.25, 0.3) is 0 Å². The lowest BCUT2D eigenvalue weighted by Crippen LogP contribution is -2.52. The van der Waals surface area contributed by atoms with E-state index in [1.807, 2.05) is 0 Å². The molecule has 0 saturated heterocycles. The largest absolute Gasteiger partial charge is 0.481 e. The number of carbonyl (C=O) groups is 3. The summed E-state index contributed by atoms with van der Waals surface area (Å²) in [6.45, 7) is 2.29. The highest BCUT2D eigenvalue weighted by Crippen LogP contribution is 2.38. The zero-order valence-electron chi connectivity index (χ0n) is 12.3. The smallest absolute Gasteiger partial charge is 0.326 e. The third-order valence-corrected chi connectivity index (χ3v) is 4.35. The second-order valence-corrected chi connectivity index (χ2v) is 5.96. The molecule has 0 heterocycles. The van der Waals surface area contributed by atoms with Gasteiger partial charge in [-0.15, -0.1) is 0 Å². The molecule has 0 radical (unpaired) electrons. The molecular weight excluding hydrogens is 276 g/mol. The summed E-state index contributed by atoms with van der Waals surface area (Å²) in [7, 11) is 0. The van der Waals surface area contributed by atoms with Crippen LogP contribution in [-0.2, 0) is 14.4 Å². The molecule has 0 aromatic rings. The van der Waals surface area contributed by atoms with Crippen LogP contribution in [0.1, 0.15) is 45.4 Å². The van der Waals surface area contributed by atoms with Crippen molar-refractivity contribution in [2.24, 2.45) is 17.1 Å². The van der Waals surface area contributed by atoms with Gasteiger partial charge in [-0.1, -0.05) is 6.92 Å². The average molecular weight is 300 g/mol. The van der Waals surface area contributed by atoms with Crippen molar-refractivity contribution in [1.29, 1.82) is 0 Å². The summed E-state index contributed by atoms with van der Waals surface area (Å²) in [4.78, 5) is 34.1. The Morgan fingerprint density at radius 1 is 1.29 bits per heavy atom. The third kappa shape index (κ3) is 4.70. The van der Waals surface area contributed by atoms with E-state index in [9.17, 15) is 14.4 Å². The highest BCUT2D eigenvalue weighted by atomic mass is 16.4. The first kappa shape index (κ1) is 17.4. The summed E-state index contributed by atoms with van der Waals surface area (Å²) in [5.41, 5.74) is 5.04. The monoisotopic (exact) mass is 300 g/mol. The van der Waals surface area contributed by atoms with Crippen molar-refractivity contribution in [3.05, 3.63) is 0 Å². The minimum atomic E-state index is -1.22. The van der Waals surface area contributed by atoms with Gasteiger partial charge in [0.15, 0.2) is 0 Å². The van der Waals surface area contributed by atoms with Crippen molar-refractivity contribution < 1.29 is 24.6 Å². The molecule has 5 N–H and O–H groups in total. The van der Waals surface area contributed by atoms with Gasteiger partial charge in [0.2, 0.25) is 5.91 Å². The summed E-state index contributed by atoms with van der Waals surface area (Å²) in [6, 6.07) is -1.18. The molecule has 0 aromatic heterocycles. The lowest BCUT2D eigenvalue weighted by atomic mass is 9.70. The van der Waals surface area contributed by atoms with Gasteiger partial charge in [-0.2, -0.15) is 0 Å². The number of carboxylic acids is 2. The highest BCUT2D eigenvalue weighted by Gasteiger charge is 2.41. The van der Waals surface area contributed by atoms with Crippen molar-refractivity contribution >= 4 is 17.8 Å². The molecule has 7 heteroatoms. The van der Waals surface area contributed by atoms with Crippen LogP contribution in [-0.4, -0.2) is 40.6 Å². The van der Waals surface area contributed by atoms with Crippen LogP contribution in [0.3, 0.4) is 0 Å². The van der Waals surface area contributed by atoms with Gasteiger partial charge in [-0.3, -0.25) is 9.59 Å². The lowest BCUT2D eigenvalue weighted by Gasteiger charge is -2.37. The molecule has 0 spiro atoms. The molecule has 0 aliphatic heterocycles. The summed E-state index contributed by atoms with van der Waals surface area (Å²) >= 11 is 0. The Labute approximate surface area is 123 Å². The number of hydrogen-bond donors (Lipinski definition) is 4. The van der Waals surface area contributed by atoms with Gasteiger partial charge in [0.05, 0.1) is 5.41 Å². The molecule has 120 valence electrons. The molecule has 0 unspecified atom stereocenters. The predicted molar refractivity (Wildman–Crippen MR) is 75.6 cm³/mol. The molecular formula is C14H24N2O5. The number of carboxylic acid groups (broad SMARTS) is 2. The molecule has 7 nitrogen and oxygen atoms in total. The Hall–Kier alpha value is -1.63. The fraction of sp³-hybridized carbons (Fsp3) is 0.786. The van der Waals surface area contributed by atoms with Crippen LogP contribution in [0.2, 0.25) is 0 Å². The van der Waals surface area contributed by atoms with Crippen LogP contribution in [0.4, 0.5) is 0 Å². The fourth-order valence-corrected chi connectivity index (χ4v) is 2.68. The zero-order chi connectivity index (χ0) is 16.0. The minimum absolute atomic E-state index is 0.131. The van der Waals surface area contributed by atoms with Crippen LogP contribution in [0.25, 0.3) is 0 Å². The maximum Gasteiger partial charge on any atom is 0.326 e. The molecule has 0 aromatic carbocycles. The Kier molecular flexibility index (Phi) is 6.14. The first-order valence-corrected chi connectivity index (χ1v) is 7.26. The number of rotatable bonds is 7. The molecule has 1 fully saturated rings. The van der Waals surface area contributed by atoms with Crippen molar-refractivity contribution in [2.45, 2.75) is 51.5 Å². The van der Waals surface area contributed by atoms with E-state index in [1.54, 1.807) is 0 Å². The molecule has 1 saturated carbocycles. The van der Waals surface area contributed by atoms with Gasteiger partial charge in [0, 0.05) is 13.0 Å². The van der Waals surface area contributed by atoms with Gasteiger partial charge >= 0.3 is 11.9 Å². The van der Waals surface area contributed by atoms with E-state index in [1.165, 1.54) is 0 Å². The number of nitrogens with one attached hydrogen (secondary N) is 1. The van der Waals surface area contributed by atoms with Gasteiger partial charge in [0.1, 0.15) is 6.04 Å². The van der Waals surface area contributed by atoms with Crippen molar-refractivity contribution in [2.75, 3.05) is 6.54 Å². The molecule has 1 aliphatic rings. The summed E-state index contributed by atoms with van der Waals surface area (Å²) in [5, 5.41) is 20.2. The van der Waals surface area contributed by atoms with E-state index in [-0.39, 0.29) is 25.3 Å². The number of nitrogens with two attached hydrogens (primary N) is 1. The first-order valence-electron chi connectivity index (χ1n) is 7.26. The average Bonchev–Trinajstić information content (AvgIpc) is 2.43. The molecule has 1 atom stereocenters. The summed E-state index contributed by atoms with van der Waals surface area (Å²) < 4.78 is 0. The Bertz CT molecular complexity index is 402. The first-order chi connectivity index (χ1) is 9.80. The molecule has 1 rings (SSSR count). The minimum Gasteiger partial charge on any atom is -0.481 e. The SMILES string of the molecule is CC1CCC(CN)(C(=O)N[C@@H](CCC(=O)O)C(=O)O)CC1. The van der Waals surface area contributed by atoms with E-state index >= 15 is 0 Å². The normalized spacial score (nSPS) is 26.9. The third-order valence-electron chi connectivity index (χ3n) is 4.35. The molecule has 1 amide bonds. The second kappa shape index (κ2) is 7.40. The standard InChI is InChI=1S/C14H24N2O5/c1-9-4-6-14(8-15,7-5-9)13(21)16-10(12(19)20)2-3-11(17)18/h9-10H,2-8,15H2,1H3,(H,16,21)(H,17,18)(H,19,20)/t9?,10-,14?/m0/s1. The highest BCUT2D eigenvalue weighted by molar-refractivity contribution is 5.88. The van der Waals surface area contributed by atoms with Crippen LogP contribution in [0.5, 0.6) is 0 Å². The van der Waals surface area contributed by atoms with Crippen molar-refractivity contribution in [3.8, 4) is 0 Å². The van der Waals surface area contributed by atoms with Gasteiger partial charge in [-0.05, 0) is 38.0 Å². The predicted octanol–water partition coefficient (Wildman–Crippen LogP) is 0.576. The Balaban J connectivity index is 2.70. The number of amides is 1. The van der Waals surface area contributed by atoms with E-state index in [0.29, 0.717) is 18.8 Å². The maximum absolute atomic E-state index is 12.4. The van der Waals surface area contributed by atoms with Gasteiger partial charge < -0.3 is 21.3 Å². The number of aliphatic carboxylic acids is 2. The van der Waals surface area contributed by atoms with Crippen LogP contribution >= 0.6 is 0 Å². The van der Waals surface area contributed by atoms with Crippen molar-refractivity contribution in [1.82, 2.24) is 5.32 Å². The molecule has 21 heavy (non-hydrogen) atoms. The Morgan fingerprint density at radius 2 is 1.86 bits per heavy atom. The summed E-state index contributed by atoms with van der Waals surface area (Å²) in [5.74, 6) is -2.13. The number of carbonyl (C=O) groups excluding carboxylic acids is 1. The van der Waals surface area contributed by atoms with E-state index in [2.05, 4.69) is 12.2 Å². The summed E-state index contributed by atoms with van der Waals surface area (Å²) in [6.07, 6.45) is 2.62. The van der Waals surface area contributed by atoms with Crippen LogP contribution in [0.15, 0.2) is 0 Å². The zero-order valence-corrected chi connectivity index (χ0v) is 12.3. The van der Waals surface area contributed by atoms with Crippen molar-refractivity contribution in [3.63, 3.8) is 0 Å². The fourth-order valence-electron chi connectivity index (χ4n) is 2.68. The quantitative estimate of drug-likeness (QED) is 0.544. The molecule has 1 aliphatic carbocycles. The van der Waals surface area contributed by atoms with E-state index in [4.69, 9.17) is 15.9 Å². The molecule has 0 bridgehead atoms. The Morgan fingerprint density at radius 3 is 2.29 bits per heavy atom. The van der Waals surface area contributed by atoms with E-state index in [0.717, 1.165) is 12.8 Å². The number of hydrogen-bond acceptors (Lipinski definition) is 4. The van der Waals surface area contributed by atoms with E-state index < -0.39 is 23.4 Å². The van der Waals surface area contributed by atoms with Gasteiger partial charge in [-0.25, -0.2) is 4.79 Å². The maximum atomic E-state index is 12.4.